The molecule has 2 aliphatic carbocycles. The molecule has 3 atom stereocenters. The van der Waals surface area contributed by atoms with E-state index in [1.165, 1.54) is 80.3 Å². The van der Waals surface area contributed by atoms with Crippen LogP contribution in [0.5, 0.6) is 23.5 Å². The van der Waals surface area contributed by atoms with Crippen molar-refractivity contribution >= 4 is 71.7 Å². The van der Waals surface area contributed by atoms with Gasteiger partial charge in [0, 0.05) is 79.7 Å². The molecule has 4 aromatic heterocycles. The molecule has 0 bridgehead atoms. The molecule has 26 nitrogen and oxygen atoms in total. The van der Waals surface area contributed by atoms with Crippen molar-refractivity contribution in [2.75, 3.05) is 89.1 Å². The summed E-state index contributed by atoms with van der Waals surface area (Å²) in [4.78, 5) is 102. The minimum Gasteiger partial charge on any atom is -0.481 e. The number of hydrogen-bond acceptors (Lipinski definition) is 21. The van der Waals surface area contributed by atoms with Gasteiger partial charge in [-0.3, -0.25) is 14.4 Å². The van der Waals surface area contributed by atoms with Gasteiger partial charge in [0.2, 0.25) is 23.5 Å². The summed E-state index contributed by atoms with van der Waals surface area (Å²) in [6.07, 6.45) is 12.2. The third-order valence-corrected chi connectivity index (χ3v) is 13.3. The fourth-order valence-electron chi connectivity index (χ4n) is 8.20. The number of amides is 5. The largest absolute Gasteiger partial charge is 0.481 e. The fraction of sp³-hybridized carbons (Fsp3) is 0.476. The second kappa shape index (κ2) is 37.2. The molecular formula is C63H85ClN10O16. The number of ether oxygens (including phenoxy) is 9. The molecule has 0 spiro atoms. The summed E-state index contributed by atoms with van der Waals surface area (Å²) in [6.45, 7) is 14.2. The van der Waals surface area contributed by atoms with Gasteiger partial charge in [0.05, 0.1) is 86.0 Å². The van der Waals surface area contributed by atoms with Crippen LogP contribution in [0.2, 0.25) is 5.15 Å². The maximum Gasteiger partial charge on any atom is 0.410 e. The number of alkyl carbamates (subject to hydrolysis) is 3. The molecule has 1 aliphatic heterocycles. The molecule has 2 unspecified atom stereocenters. The van der Waals surface area contributed by atoms with Crippen LogP contribution in [-0.2, 0) is 28.5 Å². The van der Waals surface area contributed by atoms with Crippen molar-refractivity contribution in [1.82, 2.24) is 51.0 Å². The molecule has 3 aliphatic rings. The highest BCUT2D eigenvalue weighted by Gasteiger charge is 2.42. The van der Waals surface area contributed by atoms with Gasteiger partial charge in [-0.25, -0.2) is 39.1 Å². The van der Waals surface area contributed by atoms with E-state index in [4.69, 9.17) is 40.0 Å². The minimum absolute atomic E-state index is 0.0578. The third kappa shape index (κ3) is 26.4. The van der Waals surface area contributed by atoms with E-state index in [1.807, 2.05) is 69.0 Å². The molecule has 7 rings (SSSR count). The van der Waals surface area contributed by atoms with E-state index >= 15 is 0 Å². The smallest absolute Gasteiger partial charge is 0.410 e. The summed E-state index contributed by atoms with van der Waals surface area (Å²) in [7, 11) is 10.0. The molecule has 4 N–H and O–H groups in total. The second-order valence-electron chi connectivity index (χ2n) is 21.3. The molecule has 5 heterocycles. The fourth-order valence-corrected chi connectivity index (χ4v) is 8.40. The molecule has 5 amide bonds. The zero-order valence-corrected chi connectivity index (χ0v) is 54.4. The van der Waals surface area contributed by atoms with Crippen LogP contribution in [0.15, 0.2) is 66.8 Å². The summed E-state index contributed by atoms with van der Waals surface area (Å²) in [6, 6.07) is 14.7. The normalized spacial score (nSPS) is 15.0. The van der Waals surface area contributed by atoms with E-state index in [2.05, 4.69) is 62.3 Å². The van der Waals surface area contributed by atoms with Crippen LogP contribution in [0.1, 0.15) is 135 Å². The summed E-state index contributed by atoms with van der Waals surface area (Å²) >= 11 is 5.63. The van der Waals surface area contributed by atoms with Gasteiger partial charge in [0.25, 0.3) is 5.91 Å². The average Bonchev–Trinajstić information content (AvgIpc) is 1.84. The number of morpholine rings is 1. The van der Waals surface area contributed by atoms with Crippen LogP contribution in [0.25, 0.3) is 18.2 Å². The molecule has 3 fully saturated rings. The van der Waals surface area contributed by atoms with E-state index in [0.717, 1.165) is 29.7 Å². The van der Waals surface area contributed by atoms with Crippen molar-refractivity contribution in [2.45, 2.75) is 110 Å². The number of nitrogens with one attached hydrogen (secondary N) is 4. The lowest BCUT2D eigenvalue weighted by molar-refractivity contribution is -0.151. The SMILES string of the molecule is COC(=O)NC/C=C/c1cc(C(C)=O)cc(OC)n1.COC(=O)NC/C=C/c1cc(C(C)N(C(=O)[C@H]2CN(C(=O)OC(C)(C)C)CCO2)C2CC2)cc(OC)n1.COC(=O)NC/C=C/c1cc(C(C)NC2CC2)cc(OC)n1.COc1cc(C(C)=O)cc(Cl)n1. The van der Waals surface area contributed by atoms with E-state index in [-0.39, 0.29) is 60.4 Å². The van der Waals surface area contributed by atoms with Crippen molar-refractivity contribution in [3.63, 3.8) is 0 Å². The molecule has 27 heteroatoms. The predicted molar refractivity (Wildman–Crippen MR) is 337 cm³/mol. The number of methoxy groups -OCH3 is 7. The first kappa shape index (κ1) is 73.6. The number of aromatic nitrogens is 4. The lowest BCUT2D eigenvalue weighted by atomic mass is 10.0. The van der Waals surface area contributed by atoms with Gasteiger partial charge in [-0.2, -0.15) is 0 Å². The Labute approximate surface area is 530 Å². The van der Waals surface area contributed by atoms with E-state index in [0.29, 0.717) is 71.7 Å². The molecular weight excluding hydrogens is 1190 g/mol. The summed E-state index contributed by atoms with van der Waals surface area (Å²) in [5, 5.41) is 11.5. The third-order valence-electron chi connectivity index (χ3n) is 13.1. The van der Waals surface area contributed by atoms with E-state index in [9.17, 15) is 33.6 Å². The Morgan fingerprint density at radius 1 is 0.622 bits per heavy atom. The number of hydrogen-bond donors (Lipinski definition) is 4. The Balaban J connectivity index is 0.000000278. The number of carbonyl (C=O) groups excluding carboxylic acids is 7. The zero-order valence-electron chi connectivity index (χ0n) is 53.6. The summed E-state index contributed by atoms with van der Waals surface area (Å²) in [5.41, 5.74) is 4.40. The number of pyridine rings is 4. The highest BCUT2D eigenvalue weighted by Crippen LogP contribution is 2.37. The molecule has 90 heavy (non-hydrogen) atoms. The molecule has 1 saturated heterocycles. The van der Waals surface area contributed by atoms with Crippen LogP contribution in [0.4, 0.5) is 19.2 Å². The first-order chi connectivity index (χ1) is 42.8. The van der Waals surface area contributed by atoms with Gasteiger partial charge < -0.3 is 73.7 Å². The molecule has 2 saturated carbocycles. The van der Waals surface area contributed by atoms with Crippen LogP contribution in [-0.4, -0.2) is 184 Å². The van der Waals surface area contributed by atoms with E-state index in [1.54, 1.807) is 49.6 Å². The van der Waals surface area contributed by atoms with Crippen LogP contribution < -0.4 is 40.2 Å². The van der Waals surface area contributed by atoms with Gasteiger partial charge in [-0.05, 0) is 128 Å². The molecule has 0 radical (unpaired) electrons. The Bertz CT molecular complexity index is 3150. The van der Waals surface area contributed by atoms with Crippen LogP contribution >= 0.6 is 11.6 Å². The monoisotopic (exact) mass is 1270 g/mol. The molecule has 4 aromatic rings. The maximum absolute atomic E-state index is 13.7. The molecule has 490 valence electrons. The van der Waals surface area contributed by atoms with Gasteiger partial charge in [0.1, 0.15) is 10.8 Å². The number of ketones is 2. The van der Waals surface area contributed by atoms with Crippen molar-refractivity contribution in [3.05, 3.63) is 111 Å². The predicted octanol–water partition coefficient (Wildman–Crippen LogP) is 9.03. The Kier molecular flexibility index (Phi) is 30.4. The van der Waals surface area contributed by atoms with E-state index < -0.39 is 36.1 Å². The number of carbonyl (C=O) groups is 7. The van der Waals surface area contributed by atoms with Gasteiger partial charge in [-0.15, -0.1) is 0 Å². The van der Waals surface area contributed by atoms with Gasteiger partial charge in [0.15, 0.2) is 17.7 Å². The lowest BCUT2D eigenvalue weighted by Gasteiger charge is -2.38. The number of halogens is 1. The topological polar surface area (TPSA) is 309 Å². The van der Waals surface area contributed by atoms with Crippen molar-refractivity contribution in [1.29, 1.82) is 0 Å². The Hall–Kier alpha value is -8.88. The standard InChI is InChI=1S/C26H38N4O7.C16H23N3O3.C13H16N2O4.C8H8ClNO2/c1-17(18-14-19(28-22(15-18)34-5)8-7-11-27-24(32)35-6)30(20-9-10-20)23(31)21-16-29(12-13-36-21)25(33)37-26(2,3)4;1-11(18-13-6-7-13)12-9-14(19-15(10-12)21-2)5-4-8-17-16(20)22-3;1-9(16)10-7-11(15-12(8-10)18-2)5-4-6-14-13(17)19-3;1-5(11)6-3-7(9)10-8(4-6)12-2/h7-8,14-15,17,20-21H,9-13,16H2,1-6H3,(H,27,32);4-5,9-11,13,18H,6-8H2,1-3H3,(H,17,20);4-5,7-8H,6H2,1-3H3,(H,14,17);3-4H,1-2H3/b8-7+;2*5-4+;/t17?,21-;;;/m1.../s1. The van der Waals surface area contributed by atoms with Crippen molar-refractivity contribution in [2.24, 2.45) is 0 Å². The first-order valence-electron chi connectivity index (χ1n) is 28.9. The Morgan fingerprint density at radius 3 is 1.49 bits per heavy atom. The molecule has 0 aromatic carbocycles. The number of nitrogens with zero attached hydrogens (tertiary/aromatic N) is 6. The quantitative estimate of drug-likeness (QED) is 0.0324. The summed E-state index contributed by atoms with van der Waals surface area (Å²) in [5.74, 6) is 1.45. The van der Waals surface area contributed by atoms with Crippen LogP contribution in [0, 0.1) is 0 Å². The number of rotatable bonds is 22. The minimum atomic E-state index is -0.767. The van der Waals surface area contributed by atoms with Crippen molar-refractivity contribution < 1.29 is 76.2 Å². The lowest BCUT2D eigenvalue weighted by Crippen LogP contribution is -2.54. The number of Topliss-reactive ketones (excluding diaryl/α,β-unsaturated/α-hetero) is 2. The van der Waals surface area contributed by atoms with Crippen molar-refractivity contribution in [3.8, 4) is 23.5 Å². The maximum atomic E-state index is 13.7. The summed E-state index contributed by atoms with van der Waals surface area (Å²) < 4.78 is 45.3. The highest BCUT2D eigenvalue weighted by atomic mass is 35.5. The zero-order chi connectivity index (χ0) is 66.5. The van der Waals surface area contributed by atoms with Gasteiger partial charge in [-0.1, -0.05) is 29.8 Å². The highest BCUT2D eigenvalue weighted by molar-refractivity contribution is 6.29. The van der Waals surface area contributed by atoms with Gasteiger partial charge >= 0.3 is 24.4 Å². The second-order valence-corrected chi connectivity index (χ2v) is 21.7. The Morgan fingerprint density at radius 2 is 1.06 bits per heavy atom. The van der Waals surface area contributed by atoms with Crippen LogP contribution in [0.3, 0.4) is 0 Å². The first-order valence-corrected chi connectivity index (χ1v) is 29.3. The average molecular weight is 1270 g/mol.